The van der Waals surface area contributed by atoms with Crippen LogP contribution in [-0.2, 0) is 20.5 Å². The van der Waals surface area contributed by atoms with Crippen molar-refractivity contribution >= 4 is 34.6 Å². The quantitative estimate of drug-likeness (QED) is 0.152. The van der Waals surface area contributed by atoms with Crippen LogP contribution in [0.4, 0.5) is 18.9 Å². The number of carbonyl (C=O) groups excluding carboxylic acids is 2. The molecule has 206 valence electrons. The van der Waals surface area contributed by atoms with Crippen molar-refractivity contribution < 1.29 is 31.9 Å². The number of alkyl halides is 3. The SMILES string of the molecule is O=C(COC(=O)C=Cc1cn(-c2ccccc2)nc1-c1cc2ccccc2oc1=O)Nc1ccc(C(F)(F)F)cc1. The number of anilines is 1. The first kappa shape index (κ1) is 27.1. The maximum atomic E-state index is 12.8. The van der Waals surface area contributed by atoms with E-state index in [1.54, 1.807) is 41.2 Å². The van der Waals surface area contributed by atoms with E-state index in [9.17, 15) is 27.6 Å². The van der Waals surface area contributed by atoms with Crippen molar-refractivity contribution in [2.24, 2.45) is 0 Å². The van der Waals surface area contributed by atoms with E-state index in [0.717, 1.165) is 30.3 Å². The molecule has 0 aliphatic heterocycles. The lowest BCUT2D eigenvalue weighted by Gasteiger charge is -2.08. The maximum absolute atomic E-state index is 12.8. The van der Waals surface area contributed by atoms with Gasteiger partial charge in [0.2, 0.25) is 0 Å². The number of benzene rings is 3. The molecule has 8 nitrogen and oxygen atoms in total. The Morgan fingerprint density at radius 3 is 2.41 bits per heavy atom. The summed E-state index contributed by atoms with van der Waals surface area (Å²) in [7, 11) is 0. The molecule has 0 saturated heterocycles. The Balaban J connectivity index is 1.33. The molecule has 0 saturated carbocycles. The second kappa shape index (κ2) is 11.3. The summed E-state index contributed by atoms with van der Waals surface area (Å²) in [6, 6.07) is 21.6. The highest BCUT2D eigenvalue weighted by Crippen LogP contribution is 2.30. The molecule has 0 aliphatic rings. The van der Waals surface area contributed by atoms with Gasteiger partial charge in [0.25, 0.3) is 5.91 Å². The highest BCUT2D eigenvalue weighted by molar-refractivity contribution is 5.95. The third-order valence-electron chi connectivity index (χ3n) is 5.90. The zero-order valence-corrected chi connectivity index (χ0v) is 21.1. The highest BCUT2D eigenvalue weighted by Gasteiger charge is 2.30. The van der Waals surface area contributed by atoms with Crippen LogP contribution in [0.3, 0.4) is 0 Å². The first-order valence-corrected chi connectivity index (χ1v) is 12.2. The third-order valence-corrected chi connectivity index (χ3v) is 5.90. The lowest BCUT2D eigenvalue weighted by atomic mass is 10.1. The molecule has 0 bridgehead atoms. The van der Waals surface area contributed by atoms with E-state index in [2.05, 4.69) is 10.4 Å². The first-order valence-electron chi connectivity index (χ1n) is 12.2. The number of para-hydroxylation sites is 2. The molecule has 0 aliphatic carbocycles. The minimum Gasteiger partial charge on any atom is -0.452 e. The summed E-state index contributed by atoms with van der Waals surface area (Å²) in [5, 5.41) is 7.60. The number of amides is 1. The van der Waals surface area contributed by atoms with E-state index in [1.165, 1.54) is 6.08 Å². The van der Waals surface area contributed by atoms with Crippen LogP contribution < -0.4 is 10.9 Å². The van der Waals surface area contributed by atoms with Gasteiger partial charge in [-0.25, -0.2) is 14.3 Å². The molecule has 3 aromatic carbocycles. The Morgan fingerprint density at radius 2 is 1.68 bits per heavy atom. The second-order valence-electron chi connectivity index (χ2n) is 8.76. The molecule has 2 aromatic heterocycles. The topological polar surface area (TPSA) is 103 Å². The fourth-order valence-corrected chi connectivity index (χ4v) is 3.94. The molecule has 41 heavy (non-hydrogen) atoms. The standard InChI is InChI=1S/C30H20F3N3O5/c31-30(32,33)21-11-13-22(14-12-21)34-26(37)18-40-27(38)15-10-20-17-36(23-7-2-1-3-8-23)35-28(20)24-16-19-6-4-5-9-25(19)41-29(24)39/h1-17H,18H2,(H,34,37). The molecular weight excluding hydrogens is 539 g/mol. The lowest BCUT2D eigenvalue weighted by molar-refractivity contribution is -0.142. The molecule has 0 unspecified atom stereocenters. The van der Waals surface area contributed by atoms with E-state index >= 15 is 0 Å². The van der Waals surface area contributed by atoms with Gasteiger partial charge in [0.05, 0.1) is 16.8 Å². The monoisotopic (exact) mass is 559 g/mol. The van der Waals surface area contributed by atoms with Crippen molar-refractivity contribution in [3.8, 4) is 16.9 Å². The number of hydrogen-bond donors (Lipinski definition) is 1. The molecule has 0 fully saturated rings. The number of hydrogen-bond acceptors (Lipinski definition) is 6. The van der Waals surface area contributed by atoms with Crippen molar-refractivity contribution in [3.05, 3.63) is 119 Å². The Hall–Kier alpha value is -5.45. The van der Waals surface area contributed by atoms with Gasteiger partial charge in [-0.2, -0.15) is 18.3 Å². The molecule has 1 N–H and O–H groups in total. The molecule has 5 aromatic rings. The molecular formula is C30H20F3N3O5. The van der Waals surface area contributed by atoms with Gasteiger partial charge in [-0.3, -0.25) is 4.79 Å². The van der Waals surface area contributed by atoms with Crippen LogP contribution in [-0.4, -0.2) is 28.3 Å². The average molecular weight is 560 g/mol. The minimum absolute atomic E-state index is 0.113. The normalized spacial score (nSPS) is 11.6. The van der Waals surface area contributed by atoms with Gasteiger partial charge < -0.3 is 14.5 Å². The Kier molecular flexibility index (Phi) is 7.51. The fraction of sp³-hybridized carbons (Fsp3) is 0.0667. The van der Waals surface area contributed by atoms with Gasteiger partial charge in [0.1, 0.15) is 11.3 Å². The number of nitrogens with zero attached hydrogens (tertiary/aromatic N) is 2. The van der Waals surface area contributed by atoms with Crippen LogP contribution in [0, 0.1) is 0 Å². The predicted molar refractivity (Wildman–Crippen MR) is 145 cm³/mol. The second-order valence-corrected chi connectivity index (χ2v) is 8.76. The Labute approximate surface area is 230 Å². The van der Waals surface area contributed by atoms with E-state index in [4.69, 9.17) is 9.15 Å². The molecule has 11 heteroatoms. The van der Waals surface area contributed by atoms with Crippen LogP contribution in [0.15, 0.2) is 106 Å². The molecule has 5 rings (SSSR count). The lowest BCUT2D eigenvalue weighted by Crippen LogP contribution is -2.20. The van der Waals surface area contributed by atoms with Crippen LogP contribution >= 0.6 is 0 Å². The smallest absolute Gasteiger partial charge is 0.416 e. The van der Waals surface area contributed by atoms with E-state index in [0.29, 0.717) is 22.2 Å². The van der Waals surface area contributed by atoms with Crippen LogP contribution in [0.2, 0.25) is 0 Å². The zero-order valence-electron chi connectivity index (χ0n) is 21.1. The summed E-state index contributed by atoms with van der Waals surface area (Å²) in [5.41, 5.74) is 0.617. The van der Waals surface area contributed by atoms with Gasteiger partial charge in [-0.15, -0.1) is 0 Å². The molecule has 1 amide bonds. The third kappa shape index (κ3) is 6.41. The van der Waals surface area contributed by atoms with Gasteiger partial charge in [-0.1, -0.05) is 36.4 Å². The largest absolute Gasteiger partial charge is 0.452 e. The van der Waals surface area contributed by atoms with Gasteiger partial charge in [0, 0.05) is 28.9 Å². The first-order chi connectivity index (χ1) is 19.7. The maximum Gasteiger partial charge on any atom is 0.416 e. The number of ether oxygens (including phenoxy) is 1. The van der Waals surface area contributed by atoms with Gasteiger partial charge in [-0.05, 0) is 54.6 Å². The van der Waals surface area contributed by atoms with Gasteiger partial charge in [0.15, 0.2) is 6.61 Å². The summed E-state index contributed by atoms with van der Waals surface area (Å²) in [4.78, 5) is 37.3. The Morgan fingerprint density at radius 1 is 0.976 bits per heavy atom. The van der Waals surface area contributed by atoms with Crippen molar-refractivity contribution in [2.75, 3.05) is 11.9 Å². The zero-order chi connectivity index (χ0) is 29.0. The summed E-state index contributed by atoms with van der Waals surface area (Å²) in [6.45, 7) is -0.672. The molecule has 0 spiro atoms. The van der Waals surface area contributed by atoms with Crippen LogP contribution in [0.1, 0.15) is 11.1 Å². The van der Waals surface area contributed by atoms with Crippen molar-refractivity contribution in [3.63, 3.8) is 0 Å². The highest BCUT2D eigenvalue weighted by atomic mass is 19.4. The van der Waals surface area contributed by atoms with Crippen LogP contribution in [0.25, 0.3) is 34.0 Å². The number of rotatable bonds is 7. The molecule has 0 radical (unpaired) electrons. The number of nitrogens with one attached hydrogen (secondary N) is 1. The predicted octanol–water partition coefficient (Wildman–Crippen LogP) is 5.86. The fourth-order valence-electron chi connectivity index (χ4n) is 3.94. The number of esters is 1. The van der Waals surface area contributed by atoms with Crippen molar-refractivity contribution in [1.82, 2.24) is 9.78 Å². The van der Waals surface area contributed by atoms with Crippen molar-refractivity contribution in [1.29, 1.82) is 0 Å². The average Bonchev–Trinajstić information content (AvgIpc) is 3.39. The van der Waals surface area contributed by atoms with Gasteiger partial charge >= 0.3 is 17.8 Å². The van der Waals surface area contributed by atoms with Crippen molar-refractivity contribution in [2.45, 2.75) is 6.18 Å². The Bertz CT molecular complexity index is 1810. The number of aromatic nitrogens is 2. The summed E-state index contributed by atoms with van der Waals surface area (Å²) in [6.07, 6.45) is -0.406. The minimum atomic E-state index is -4.50. The summed E-state index contributed by atoms with van der Waals surface area (Å²) in [5.74, 6) is -1.60. The number of halogens is 3. The number of carbonyl (C=O) groups is 2. The van der Waals surface area contributed by atoms with E-state index in [1.807, 2.05) is 30.3 Å². The number of fused-ring (bicyclic) bond motifs is 1. The van der Waals surface area contributed by atoms with E-state index in [-0.39, 0.29) is 16.9 Å². The van der Waals surface area contributed by atoms with E-state index < -0.39 is 35.8 Å². The van der Waals surface area contributed by atoms with Crippen LogP contribution in [0.5, 0.6) is 0 Å². The summed E-state index contributed by atoms with van der Waals surface area (Å²) >= 11 is 0. The molecule has 2 heterocycles. The molecule has 0 atom stereocenters. The summed E-state index contributed by atoms with van der Waals surface area (Å²) < 4.78 is 50.1.